The van der Waals surface area contributed by atoms with Gasteiger partial charge in [0.15, 0.2) is 0 Å². The molecule has 1 fully saturated rings. The first-order valence-electron chi connectivity index (χ1n) is 5.59. The molecule has 0 amide bonds. The Morgan fingerprint density at radius 2 is 2.50 bits per heavy atom. The third-order valence-electron chi connectivity index (χ3n) is 3.02. The lowest BCUT2D eigenvalue weighted by Gasteiger charge is -2.30. The van der Waals surface area contributed by atoms with Crippen molar-refractivity contribution in [3.8, 4) is 0 Å². The lowest BCUT2D eigenvalue weighted by molar-refractivity contribution is -0.138. The lowest BCUT2D eigenvalue weighted by Crippen LogP contribution is -2.38. The highest BCUT2D eigenvalue weighted by molar-refractivity contribution is 5.69. The van der Waals surface area contributed by atoms with Crippen LogP contribution in [0, 0.1) is 0 Å². The standard InChI is InChI=1S/C11H17N3O2/c1-13-6-4-10(12-13)9-3-2-5-14(7-9)8-11(15)16/h4,6,9H,2-3,5,7-8H2,1H3,(H,15,16). The number of carboxylic acids is 1. The van der Waals surface area contributed by atoms with E-state index < -0.39 is 5.97 Å². The Hall–Kier alpha value is -1.36. The van der Waals surface area contributed by atoms with E-state index in [1.165, 1.54) is 0 Å². The normalized spacial score (nSPS) is 22.2. The Balaban J connectivity index is 1.99. The number of carbonyl (C=O) groups is 1. The minimum Gasteiger partial charge on any atom is -0.480 e. The minimum atomic E-state index is -0.748. The van der Waals surface area contributed by atoms with E-state index >= 15 is 0 Å². The number of carboxylic acid groups (broad SMARTS) is 1. The van der Waals surface area contributed by atoms with E-state index in [0.717, 1.165) is 31.6 Å². The first kappa shape index (κ1) is 11.1. The van der Waals surface area contributed by atoms with E-state index in [9.17, 15) is 4.79 Å². The van der Waals surface area contributed by atoms with Crippen molar-refractivity contribution >= 4 is 5.97 Å². The summed E-state index contributed by atoms with van der Waals surface area (Å²) in [5.41, 5.74) is 1.08. The van der Waals surface area contributed by atoms with Gasteiger partial charge in [0.2, 0.25) is 0 Å². The van der Waals surface area contributed by atoms with Crippen LogP contribution in [0.1, 0.15) is 24.5 Å². The Morgan fingerprint density at radius 1 is 1.69 bits per heavy atom. The molecule has 1 aliphatic heterocycles. The average molecular weight is 223 g/mol. The molecule has 0 bridgehead atoms. The van der Waals surface area contributed by atoms with Gasteiger partial charge in [-0.25, -0.2) is 0 Å². The van der Waals surface area contributed by atoms with Crippen LogP contribution in [0.4, 0.5) is 0 Å². The molecule has 0 aliphatic carbocycles. The number of hydrogen-bond donors (Lipinski definition) is 1. The van der Waals surface area contributed by atoms with Gasteiger partial charge in [-0.05, 0) is 25.5 Å². The summed E-state index contributed by atoms with van der Waals surface area (Å²) in [7, 11) is 1.90. The van der Waals surface area contributed by atoms with Crippen molar-refractivity contribution in [2.75, 3.05) is 19.6 Å². The molecule has 5 heteroatoms. The van der Waals surface area contributed by atoms with Crippen LogP contribution in [0.2, 0.25) is 0 Å². The molecule has 16 heavy (non-hydrogen) atoms. The van der Waals surface area contributed by atoms with Crippen molar-refractivity contribution in [3.63, 3.8) is 0 Å². The average Bonchev–Trinajstić information content (AvgIpc) is 2.64. The molecule has 1 atom stereocenters. The molecule has 0 spiro atoms. The fourth-order valence-corrected chi connectivity index (χ4v) is 2.28. The van der Waals surface area contributed by atoms with Gasteiger partial charge in [-0.3, -0.25) is 14.4 Å². The SMILES string of the molecule is Cn1ccc(C2CCCN(CC(=O)O)C2)n1. The van der Waals surface area contributed by atoms with Gasteiger partial charge < -0.3 is 5.11 Å². The molecule has 1 saturated heterocycles. The molecule has 1 unspecified atom stereocenters. The fraction of sp³-hybridized carbons (Fsp3) is 0.636. The van der Waals surface area contributed by atoms with Crippen LogP contribution < -0.4 is 0 Å². The summed E-state index contributed by atoms with van der Waals surface area (Å²) < 4.78 is 1.80. The number of nitrogens with zero attached hydrogens (tertiary/aromatic N) is 3. The number of hydrogen-bond acceptors (Lipinski definition) is 3. The first-order chi connectivity index (χ1) is 7.65. The summed E-state index contributed by atoms with van der Waals surface area (Å²) in [6, 6.07) is 2.02. The molecule has 0 aromatic carbocycles. The van der Waals surface area contributed by atoms with E-state index in [0.29, 0.717) is 5.92 Å². The summed E-state index contributed by atoms with van der Waals surface area (Å²) >= 11 is 0. The van der Waals surface area contributed by atoms with Crippen molar-refractivity contribution < 1.29 is 9.90 Å². The van der Waals surface area contributed by atoms with Crippen molar-refractivity contribution in [2.24, 2.45) is 7.05 Å². The number of rotatable bonds is 3. The van der Waals surface area contributed by atoms with Crippen molar-refractivity contribution in [1.82, 2.24) is 14.7 Å². The third kappa shape index (κ3) is 2.61. The highest BCUT2D eigenvalue weighted by Gasteiger charge is 2.23. The monoisotopic (exact) mass is 223 g/mol. The molecule has 2 heterocycles. The molecule has 1 aromatic rings. The summed E-state index contributed by atoms with van der Waals surface area (Å²) in [6.45, 7) is 1.84. The second kappa shape index (κ2) is 4.65. The molecule has 1 aromatic heterocycles. The Kier molecular flexibility index (Phi) is 3.24. The molecular formula is C11H17N3O2. The first-order valence-corrected chi connectivity index (χ1v) is 5.59. The largest absolute Gasteiger partial charge is 0.480 e. The smallest absolute Gasteiger partial charge is 0.317 e. The number of likely N-dealkylation sites (tertiary alicyclic amines) is 1. The van der Waals surface area contributed by atoms with E-state index in [2.05, 4.69) is 5.10 Å². The second-order valence-electron chi connectivity index (χ2n) is 4.38. The molecular weight excluding hydrogens is 206 g/mol. The quantitative estimate of drug-likeness (QED) is 0.818. The summed E-state index contributed by atoms with van der Waals surface area (Å²) in [4.78, 5) is 12.6. The fourth-order valence-electron chi connectivity index (χ4n) is 2.28. The highest BCUT2D eigenvalue weighted by atomic mass is 16.4. The molecule has 1 aliphatic rings. The van der Waals surface area contributed by atoms with Crippen LogP contribution >= 0.6 is 0 Å². The Bertz CT molecular complexity index is 375. The predicted octanol–water partition coefficient (Wildman–Crippen LogP) is 0.684. The van der Waals surface area contributed by atoms with Crippen LogP contribution in [-0.2, 0) is 11.8 Å². The van der Waals surface area contributed by atoms with Gasteiger partial charge in [0.25, 0.3) is 0 Å². The zero-order chi connectivity index (χ0) is 11.5. The van der Waals surface area contributed by atoms with Crippen molar-refractivity contribution in [2.45, 2.75) is 18.8 Å². The van der Waals surface area contributed by atoms with Crippen LogP contribution in [-0.4, -0.2) is 45.4 Å². The van der Waals surface area contributed by atoms with Gasteiger partial charge in [0.05, 0.1) is 12.2 Å². The van der Waals surface area contributed by atoms with E-state index in [1.54, 1.807) is 4.68 Å². The third-order valence-corrected chi connectivity index (χ3v) is 3.02. The number of aryl methyl sites for hydroxylation is 1. The molecule has 5 nitrogen and oxygen atoms in total. The maximum atomic E-state index is 10.7. The van der Waals surface area contributed by atoms with Crippen LogP contribution in [0.15, 0.2) is 12.3 Å². The summed E-state index contributed by atoms with van der Waals surface area (Å²) in [6.07, 6.45) is 4.09. The summed E-state index contributed by atoms with van der Waals surface area (Å²) in [5.74, 6) is -0.365. The molecule has 88 valence electrons. The lowest BCUT2D eigenvalue weighted by atomic mass is 9.95. The molecule has 2 rings (SSSR count). The maximum absolute atomic E-state index is 10.7. The molecule has 0 radical (unpaired) electrons. The topological polar surface area (TPSA) is 58.4 Å². The van der Waals surface area contributed by atoms with E-state index in [1.807, 2.05) is 24.2 Å². The van der Waals surface area contributed by atoms with Gasteiger partial charge >= 0.3 is 5.97 Å². The van der Waals surface area contributed by atoms with Crippen LogP contribution in [0.25, 0.3) is 0 Å². The van der Waals surface area contributed by atoms with Crippen LogP contribution in [0.5, 0.6) is 0 Å². The summed E-state index contributed by atoms with van der Waals surface area (Å²) in [5, 5.41) is 13.2. The Morgan fingerprint density at radius 3 is 3.12 bits per heavy atom. The molecule has 1 N–H and O–H groups in total. The highest BCUT2D eigenvalue weighted by Crippen LogP contribution is 2.25. The minimum absolute atomic E-state index is 0.142. The maximum Gasteiger partial charge on any atom is 0.317 e. The second-order valence-corrected chi connectivity index (χ2v) is 4.38. The number of piperidine rings is 1. The van der Waals surface area contributed by atoms with Crippen molar-refractivity contribution in [3.05, 3.63) is 18.0 Å². The van der Waals surface area contributed by atoms with E-state index in [4.69, 9.17) is 5.11 Å². The Labute approximate surface area is 94.7 Å². The zero-order valence-corrected chi connectivity index (χ0v) is 9.46. The number of aromatic nitrogens is 2. The van der Waals surface area contributed by atoms with Gasteiger partial charge in [-0.2, -0.15) is 5.10 Å². The van der Waals surface area contributed by atoms with Gasteiger partial charge in [0, 0.05) is 25.7 Å². The predicted molar refractivity (Wildman–Crippen MR) is 59.3 cm³/mol. The van der Waals surface area contributed by atoms with Gasteiger partial charge in [-0.15, -0.1) is 0 Å². The number of aliphatic carboxylic acids is 1. The van der Waals surface area contributed by atoms with Crippen molar-refractivity contribution in [1.29, 1.82) is 0 Å². The van der Waals surface area contributed by atoms with Gasteiger partial charge in [-0.1, -0.05) is 0 Å². The van der Waals surface area contributed by atoms with Crippen LogP contribution in [0.3, 0.4) is 0 Å². The molecule has 0 saturated carbocycles. The zero-order valence-electron chi connectivity index (χ0n) is 9.46. The van der Waals surface area contributed by atoms with E-state index in [-0.39, 0.29) is 6.54 Å². The van der Waals surface area contributed by atoms with Gasteiger partial charge in [0.1, 0.15) is 0 Å².